The van der Waals surface area contributed by atoms with E-state index < -0.39 is 0 Å². The Hall–Kier alpha value is -1.95. The molecule has 1 aliphatic carbocycles. The minimum Gasteiger partial charge on any atom is -0.351 e. The fraction of sp³-hybridized carbons (Fsp3) is 0.389. The molecule has 1 aromatic heterocycles. The number of halogens is 1. The van der Waals surface area contributed by atoms with E-state index in [9.17, 15) is 4.79 Å². The number of nitrogens with one attached hydrogen (secondary N) is 2. The molecule has 6 heteroatoms. The molecule has 1 saturated carbocycles. The summed E-state index contributed by atoms with van der Waals surface area (Å²) in [5, 5.41) is 6.23. The number of hydrogen-bond acceptors (Lipinski definition) is 4. The van der Waals surface area contributed by atoms with Crippen molar-refractivity contribution in [1.82, 2.24) is 9.97 Å². The highest BCUT2D eigenvalue weighted by Crippen LogP contribution is 2.22. The van der Waals surface area contributed by atoms with Gasteiger partial charge in [0.25, 0.3) is 5.91 Å². The van der Waals surface area contributed by atoms with Crippen molar-refractivity contribution in [1.29, 1.82) is 0 Å². The van der Waals surface area contributed by atoms with Gasteiger partial charge in [-0.25, -0.2) is 9.97 Å². The fourth-order valence-corrected chi connectivity index (χ4v) is 3.27. The molecule has 1 amide bonds. The van der Waals surface area contributed by atoms with Crippen LogP contribution in [0.1, 0.15) is 48.9 Å². The van der Waals surface area contributed by atoms with Crippen molar-refractivity contribution in [2.75, 3.05) is 10.6 Å². The van der Waals surface area contributed by atoms with Crippen molar-refractivity contribution in [2.45, 2.75) is 44.6 Å². The number of aromatic nitrogens is 2. The molecular weight excluding hydrogens is 368 g/mol. The minimum atomic E-state index is -0.220. The largest absolute Gasteiger partial charge is 0.351 e. The zero-order chi connectivity index (χ0) is 16.8. The molecule has 0 spiro atoms. The van der Waals surface area contributed by atoms with E-state index in [4.69, 9.17) is 0 Å². The number of carbonyl (C=O) groups excluding carboxylic acids is 1. The van der Waals surface area contributed by atoms with Crippen molar-refractivity contribution in [3.05, 3.63) is 46.7 Å². The summed E-state index contributed by atoms with van der Waals surface area (Å²) in [6.45, 7) is 0. The van der Waals surface area contributed by atoms with E-state index in [2.05, 4.69) is 36.5 Å². The molecule has 0 unspecified atom stereocenters. The molecule has 2 aromatic rings. The Bertz CT molecular complexity index is 682. The lowest BCUT2D eigenvalue weighted by atomic mass is 10.1. The third kappa shape index (κ3) is 4.54. The highest BCUT2D eigenvalue weighted by Gasteiger charge is 2.14. The van der Waals surface area contributed by atoms with E-state index in [1.54, 1.807) is 12.4 Å². The molecule has 0 atom stereocenters. The first-order valence-corrected chi connectivity index (χ1v) is 9.16. The second-order valence-corrected chi connectivity index (χ2v) is 6.92. The molecule has 1 aromatic carbocycles. The third-order valence-corrected chi connectivity index (χ3v) is 4.92. The molecule has 3 rings (SSSR count). The maximum atomic E-state index is 12.3. The molecule has 2 N–H and O–H groups in total. The first-order chi connectivity index (χ1) is 11.7. The minimum absolute atomic E-state index is 0.220. The Morgan fingerprint density at radius 1 is 1.04 bits per heavy atom. The summed E-state index contributed by atoms with van der Waals surface area (Å²) in [6.07, 6.45) is 10.6. The summed E-state index contributed by atoms with van der Waals surface area (Å²) in [7, 11) is 0. The number of para-hydroxylation sites is 1. The predicted octanol–water partition coefficient (Wildman–Crippen LogP) is 4.63. The second kappa shape index (κ2) is 8.24. The van der Waals surface area contributed by atoms with Crippen molar-refractivity contribution in [2.24, 2.45) is 0 Å². The van der Waals surface area contributed by atoms with Crippen LogP contribution in [-0.4, -0.2) is 21.9 Å². The normalized spacial score (nSPS) is 15.5. The third-order valence-electron chi connectivity index (χ3n) is 4.22. The van der Waals surface area contributed by atoms with Gasteiger partial charge in [0.2, 0.25) is 5.95 Å². The van der Waals surface area contributed by atoms with E-state index in [1.165, 1.54) is 25.7 Å². The average molecular weight is 389 g/mol. The lowest BCUT2D eigenvalue weighted by Crippen LogP contribution is -2.20. The van der Waals surface area contributed by atoms with Gasteiger partial charge in [0.1, 0.15) is 0 Å². The van der Waals surface area contributed by atoms with Gasteiger partial charge in [0, 0.05) is 22.9 Å². The topological polar surface area (TPSA) is 66.9 Å². The number of amides is 1. The van der Waals surface area contributed by atoms with Crippen LogP contribution in [-0.2, 0) is 0 Å². The Morgan fingerprint density at radius 3 is 2.38 bits per heavy atom. The van der Waals surface area contributed by atoms with Gasteiger partial charge in [-0.3, -0.25) is 4.79 Å². The van der Waals surface area contributed by atoms with Gasteiger partial charge in [-0.15, -0.1) is 0 Å². The van der Waals surface area contributed by atoms with Crippen LogP contribution in [0, 0.1) is 0 Å². The van der Waals surface area contributed by atoms with Crippen LogP contribution in [0.4, 0.5) is 11.6 Å². The number of nitrogens with zero attached hydrogens (tertiary/aromatic N) is 2. The lowest BCUT2D eigenvalue weighted by Gasteiger charge is -2.16. The SMILES string of the molecule is O=C(Nc1ccccc1Br)c1cnc(NC2CCCCCC2)nc1. The van der Waals surface area contributed by atoms with Crippen molar-refractivity contribution >= 4 is 33.5 Å². The van der Waals surface area contributed by atoms with E-state index in [1.807, 2.05) is 24.3 Å². The summed E-state index contributed by atoms with van der Waals surface area (Å²) in [4.78, 5) is 20.9. The van der Waals surface area contributed by atoms with Gasteiger partial charge in [-0.2, -0.15) is 0 Å². The van der Waals surface area contributed by atoms with Gasteiger partial charge in [-0.1, -0.05) is 37.8 Å². The van der Waals surface area contributed by atoms with E-state index in [0.717, 1.165) is 23.0 Å². The van der Waals surface area contributed by atoms with Gasteiger partial charge in [0.15, 0.2) is 0 Å². The summed E-state index contributed by atoms with van der Waals surface area (Å²) < 4.78 is 0.839. The van der Waals surface area contributed by atoms with Crippen LogP contribution in [0.25, 0.3) is 0 Å². The Kier molecular flexibility index (Phi) is 5.80. The molecule has 24 heavy (non-hydrogen) atoms. The maximum absolute atomic E-state index is 12.3. The molecule has 0 radical (unpaired) electrons. The number of hydrogen-bond donors (Lipinski definition) is 2. The summed E-state index contributed by atoms with van der Waals surface area (Å²) in [6, 6.07) is 7.93. The number of benzene rings is 1. The lowest BCUT2D eigenvalue weighted by molar-refractivity contribution is 0.102. The maximum Gasteiger partial charge on any atom is 0.258 e. The molecule has 1 aliphatic rings. The molecular formula is C18H21BrN4O. The van der Waals surface area contributed by atoms with Gasteiger partial charge in [0.05, 0.1) is 11.3 Å². The number of anilines is 2. The zero-order valence-corrected chi connectivity index (χ0v) is 15.1. The van der Waals surface area contributed by atoms with Gasteiger partial charge >= 0.3 is 0 Å². The standard InChI is InChI=1S/C18H21BrN4O/c19-15-9-5-6-10-16(15)23-17(24)13-11-20-18(21-12-13)22-14-7-3-1-2-4-8-14/h5-6,9-12,14H,1-4,7-8H2,(H,23,24)(H,20,21,22). The first kappa shape index (κ1) is 16.9. The molecule has 0 saturated heterocycles. The van der Waals surface area contributed by atoms with Crippen LogP contribution in [0.15, 0.2) is 41.1 Å². The highest BCUT2D eigenvalue weighted by atomic mass is 79.9. The molecule has 1 heterocycles. The number of rotatable bonds is 4. The van der Waals surface area contributed by atoms with Crippen molar-refractivity contribution in [3.8, 4) is 0 Å². The van der Waals surface area contributed by atoms with E-state index in [0.29, 0.717) is 17.6 Å². The Balaban J connectivity index is 1.61. The molecule has 1 fully saturated rings. The average Bonchev–Trinajstić information content (AvgIpc) is 2.86. The van der Waals surface area contributed by atoms with Crippen LogP contribution < -0.4 is 10.6 Å². The Labute approximate surface area is 150 Å². The summed E-state index contributed by atoms with van der Waals surface area (Å²) in [5.74, 6) is 0.377. The molecule has 5 nitrogen and oxygen atoms in total. The second-order valence-electron chi connectivity index (χ2n) is 6.06. The van der Waals surface area contributed by atoms with E-state index >= 15 is 0 Å². The smallest absolute Gasteiger partial charge is 0.258 e. The fourth-order valence-electron chi connectivity index (χ4n) is 2.88. The zero-order valence-electron chi connectivity index (χ0n) is 13.5. The van der Waals surface area contributed by atoms with Crippen molar-refractivity contribution in [3.63, 3.8) is 0 Å². The highest BCUT2D eigenvalue weighted by molar-refractivity contribution is 9.10. The molecule has 0 aliphatic heterocycles. The van der Waals surface area contributed by atoms with E-state index in [-0.39, 0.29) is 5.91 Å². The van der Waals surface area contributed by atoms with Crippen molar-refractivity contribution < 1.29 is 4.79 Å². The molecule has 0 bridgehead atoms. The van der Waals surface area contributed by atoms with Crippen LogP contribution in [0.2, 0.25) is 0 Å². The van der Waals surface area contributed by atoms with Crippen LogP contribution in [0.3, 0.4) is 0 Å². The van der Waals surface area contributed by atoms with Gasteiger partial charge in [-0.05, 0) is 40.9 Å². The Morgan fingerprint density at radius 2 is 1.71 bits per heavy atom. The first-order valence-electron chi connectivity index (χ1n) is 8.37. The quantitative estimate of drug-likeness (QED) is 0.749. The van der Waals surface area contributed by atoms with Crippen LogP contribution in [0.5, 0.6) is 0 Å². The summed E-state index contributed by atoms with van der Waals surface area (Å²) in [5.41, 5.74) is 1.17. The van der Waals surface area contributed by atoms with Crippen LogP contribution >= 0.6 is 15.9 Å². The molecule has 126 valence electrons. The number of carbonyl (C=O) groups is 1. The van der Waals surface area contributed by atoms with Gasteiger partial charge < -0.3 is 10.6 Å². The summed E-state index contributed by atoms with van der Waals surface area (Å²) >= 11 is 3.41. The predicted molar refractivity (Wildman–Crippen MR) is 99.2 cm³/mol. The monoisotopic (exact) mass is 388 g/mol.